The van der Waals surface area contributed by atoms with E-state index >= 15 is 0 Å². The Morgan fingerprint density at radius 1 is 1.03 bits per heavy atom. The number of aromatic nitrogens is 1. The summed E-state index contributed by atoms with van der Waals surface area (Å²) in [5.74, 6) is -0.283. The van der Waals surface area contributed by atoms with Crippen molar-refractivity contribution in [2.24, 2.45) is 0 Å². The van der Waals surface area contributed by atoms with Crippen molar-refractivity contribution in [2.75, 3.05) is 44.7 Å². The summed E-state index contributed by atoms with van der Waals surface area (Å²) in [6.45, 7) is 5.06. The largest absolute Gasteiger partial charge is 0.351 e. The van der Waals surface area contributed by atoms with Crippen LogP contribution in [0.1, 0.15) is 35.7 Å². The van der Waals surface area contributed by atoms with Gasteiger partial charge in [0.1, 0.15) is 0 Å². The normalized spacial score (nSPS) is 15.4. The van der Waals surface area contributed by atoms with E-state index in [1.807, 2.05) is 36.2 Å². The van der Waals surface area contributed by atoms with Crippen LogP contribution in [0.25, 0.3) is 0 Å². The monoisotopic (exact) mass is 437 g/mol. The summed E-state index contributed by atoms with van der Waals surface area (Å²) in [7, 11) is 2.03. The van der Waals surface area contributed by atoms with Gasteiger partial charge in [0.25, 0.3) is 5.91 Å². The number of carbonyl (C=O) groups excluding carboxylic acids is 3. The van der Waals surface area contributed by atoms with Crippen molar-refractivity contribution >= 4 is 23.4 Å². The molecule has 32 heavy (non-hydrogen) atoms. The van der Waals surface area contributed by atoms with Gasteiger partial charge in [-0.05, 0) is 43.8 Å². The van der Waals surface area contributed by atoms with E-state index in [9.17, 15) is 14.4 Å². The summed E-state index contributed by atoms with van der Waals surface area (Å²) in [6.07, 6.45) is 4.17. The number of likely N-dealkylation sites (N-methyl/N-ethyl adjacent to an activating group) is 1. The minimum Gasteiger partial charge on any atom is -0.351 e. The average Bonchev–Trinajstić information content (AvgIpc) is 2.82. The summed E-state index contributed by atoms with van der Waals surface area (Å²) in [6, 6.07) is 11.1. The lowest BCUT2D eigenvalue weighted by molar-refractivity contribution is -0.131. The number of nitrogens with zero attached hydrogens (tertiary/aromatic N) is 4. The first-order valence-electron chi connectivity index (χ1n) is 11.0. The topological polar surface area (TPSA) is 85.9 Å². The molecular formula is C24H31N5O3. The van der Waals surface area contributed by atoms with E-state index in [4.69, 9.17) is 0 Å². The fourth-order valence-electron chi connectivity index (χ4n) is 3.80. The first-order chi connectivity index (χ1) is 15.5. The molecule has 2 heterocycles. The molecule has 2 aromatic rings. The third-order valence-electron chi connectivity index (χ3n) is 5.60. The molecule has 170 valence electrons. The van der Waals surface area contributed by atoms with Crippen LogP contribution in [-0.2, 0) is 16.1 Å². The van der Waals surface area contributed by atoms with Gasteiger partial charge in [0.2, 0.25) is 11.8 Å². The molecule has 3 rings (SSSR count). The van der Waals surface area contributed by atoms with Crippen molar-refractivity contribution in [2.45, 2.75) is 26.3 Å². The predicted octanol–water partition coefficient (Wildman–Crippen LogP) is 1.92. The van der Waals surface area contributed by atoms with E-state index < -0.39 is 0 Å². The Morgan fingerprint density at radius 2 is 1.84 bits per heavy atom. The second-order valence-corrected chi connectivity index (χ2v) is 8.02. The molecule has 1 aliphatic rings. The second kappa shape index (κ2) is 11.4. The predicted molar refractivity (Wildman–Crippen MR) is 123 cm³/mol. The highest BCUT2D eigenvalue weighted by molar-refractivity contribution is 5.94. The van der Waals surface area contributed by atoms with Gasteiger partial charge in [-0.15, -0.1) is 0 Å². The minimum atomic E-state index is -0.245. The molecule has 0 radical (unpaired) electrons. The molecule has 0 spiro atoms. The summed E-state index contributed by atoms with van der Waals surface area (Å²) >= 11 is 0. The number of carbonyl (C=O) groups is 3. The number of hydrogen-bond acceptors (Lipinski definition) is 5. The Labute approximate surface area is 189 Å². The SMILES string of the molecule is CC(=O)N1CCCN(C)CCN(C(=O)CCNC(=O)c2cccnc2)Cc2ccccc21. The Kier molecular flexibility index (Phi) is 8.33. The number of benzene rings is 1. The minimum absolute atomic E-state index is 0.00431. The standard InChI is InChI=1S/C24H31N5O3/c1-19(30)29-14-6-13-27(2)15-16-28(18-21-7-3-4-9-22(21)29)23(31)10-12-26-24(32)20-8-5-11-25-17-20/h3-5,7-9,11,17H,6,10,12-16,18H2,1-2H3,(H,26,32). The van der Waals surface area contributed by atoms with Gasteiger partial charge in [-0.25, -0.2) is 0 Å². The van der Waals surface area contributed by atoms with Crippen molar-refractivity contribution in [3.8, 4) is 0 Å². The van der Waals surface area contributed by atoms with Gasteiger partial charge in [0.05, 0.1) is 5.56 Å². The van der Waals surface area contributed by atoms with E-state index in [0.29, 0.717) is 25.2 Å². The van der Waals surface area contributed by atoms with E-state index in [2.05, 4.69) is 15.2 Å². The van der Waals surface area contributed by atoms with Gasteiger partial charge in [0, 0.05) is 64.1 Å². The molecule has 1 aliphatic heterocycles. The highest BCUT2D eigenvalue weighted by atomic mass is 16.2. The summed E-state index contributed by atoms with van der Waals surface area (Å²) in [4.78, 5) is 47.3. The number of fused-ring (bicyclic) bond motifs is 1. The summed E-state index contributed by atoms with van der Waals surface area (Å²) in [5.41, 5.74) is 2.27. The maximum Gasteiger partial charge on any atom is 0.252 e. The maximum atomic E-state index is 13.1. The lowest BCUT2D eigenvalue weighted by Gasteiger charge is -2.27. The summed E-state index contributed by atoms with van der Waals surface area (Å²) < 4.78 is 0. The number of pyridine rings is 1. The molecule has 1 aromatic carbocycles. The van der Waals surface area contributed by atoms with Crippen molar-refractivity contribution in [3.63, 3.8) is 0 Å². The molecule has 0 bridgehead atoms. The van der Waals surface area contributed by atoms with Crippen LogP contribution in [0.3, 0.4) is 0 Å². The molecule has 0 aliphatic carbocycles. The number of rotatable bonds is 4. The Balaban J connectivity index is 1.71. The van der Waals surface area contributed by atoms with Gasteiger partial charge in [0.15, 0.2) is 0 Å². The number of amides is 3. The van der Waals surface area contributed by atoms with Crippen LogP contribution >= 0.6 is 0 Å². The Hall–Kier alpha value is -3.26. The van der Waals surface area contributed by atoms with Crippen molar-refractivity contribution < 1.29 is 14.4 Å². The van der Waals surface area contributed by atoms with E-state index in [1.165, 1.54) is 6.20 Å². The zero-order chi connectivity index (χ0) is 22.9. The Morgan fingerprint density at radius 3 is 2.59 bits per heavy atom. The zero-order valence-corrected chi connectivity index (χ0v) is 18.8. The van der Waals surface area contributed by atoms with E-state index in [-0.39, 0.29) is 30.7 Å². The fraction of sp³-hybridized carbons (Fsp3) is 0.417. The molecule has 0 saturated heterocycles. The molecule has 0 unspecified atom stereocenters. The van der Waals surface area contributed by atoms with Crippen LogP contribution in [0, 0.1) is 0 Å². The summed E-state index contributed by atoms with van der Waals surface area (Å²) in [5, 5.41) is 2.79. The first kappa shape index (κ1) is 23.4. The van der Waals surface area contributed by atoms with Crippen LogP contribution in [0.4, 0.5) is 5.69 Å². The lowest BCUT2D eigenvalue weighted by Crippen LogP contribution is -2.39. The van der Waals surface area contributed by atoms with Crippen LogP contribution in [-0.4, -0.2) is 72.3 Å². The van der Waals surface area contributed by atoms with Gasteiger partial charge in [-0.3, -0.25) is 19.4 Å². The van der Waals surface area contributed by atoms with Crippen LogP contribution in [0.2, 0.25) is 0 Å². The quantitative estimate of drug-likeness (QED) is 0.790. The molecule has 0 fully saturated rings. The van der Waals surface area contributed by atoms with Gasteiger partial charge >= 0.3 is 0 Å². The number of para-hydroxylation sites is 1. The molecule has 3 amide bonds. The van der Waals surface area contributed by atoms with Crippen molar-refractivity contribution in [3.05, 3.63) is 59.9 Å². The smallest absolute Gasteiger partial charge is 0.252 e. The Bertz CT molecular complexity index is 934. The van der Waals surface area contributed by atoms with Crippen LogP contribution in [0.5, 0.6) is 0 Å². The average molecular weight is 438 g/mol. The molecule has 8 nitrogen and oxygen atoms in total. The van der Waals surface area contributed by atoms with Gasteiger partial charge in [-0.2, -0.15) is 0 Å². The lowest BCUT2D eigenvalue weighted by atomic mass is 10.1. The molecule has 1 aromatic heterocycles. The zero-order valence-electron chi connectivity index (χ0n) is 18.8. The molecule has 1 N–H and O–H groups in total. The number of hydrogen-bond donors (Lipinski definition) is 1. The van der Waals surface area contributed by atoms with Gasteiger partial charge in [-0.1, -0.05) is 18.2 Å². The highest BCUT2D eigenvalue weighted by Crippen LogP contribution is 2.23. The molecule has 8 heteroatoms. The van der Waals surface area contributed by atoms with E-state index in [1.54, 1.807) is 30.2 Å². The third kappa shape index (κ3) is 6.37. The van der Waals surface area contributed by atoms with Crippen LogP contribution in [0.15, 0.2) is 48.8 Å². The molecular weight excluding hydrogens is 406 g/mol. The third-order valence-corrected chi connectivity index (χ3v) is 5.60. The number of nitrogens with one attached hydrogen (secondary N) is 1. The van der Waals surface area contributed by atoms with Crippen LogP contribution < -0.4 is 10.2 Å². The van der Waals surface area contributed by atoms with Gasteiger partial charge < -0.3 is 20.0 Å². The fourth-order valence-corrected chi connectivity index (χ4v) is 3.80. The molecule has 0 saturated carbocycles. The first-order valence-corrected chi connectivity index (χ1v) is 11.0. The second-order valence-electron chi connectivity index (χ2n) is 8.02. The number of anilines is 1. The van der Waals surface area contributed by atoms with E-state index in [0.717, 1.165) is 30.8 Å². The maximum absolute atomic E-state index is 13.1. The highest BCUT2D eigenvalue weighted by Gasteiger charge is 2.21. The van der Waals surface area contributed by atoms with Crippen molar-refractivity contribution in [1.29, 1.82) is 0 Å². The van der Waals surface area contributed by atoms with Crippen molar-refractivity contribution in [1.82, 2.24) is 20.1 Å². The molecule has 0 atom stereocenters.